The van der Waals surface area contributed by atoms with Crippen LogP contribution in [-0.2, 0) is 9.59 Å². The molecule has 0 unspecified atom stereocenters. The Balaban J connectivity index is 1.86. The third-order valence-corrected chi connectivity index (χ3v) is 3.03. The standard InChI is InChI=1S/C14H17NO5/c1-9(15-13(16)6-7-14(17)18)12-8-19-10-4-2-3-5-11(10)20-12/h2-5,9,12H,6-8H2,1H3,(H,15,16)(H,17,18)/p-1/t9-,12+/m0/s1. The normalized spacial score (nSPS) is 18.1. The van der Waals surface area contributed by atoms with Gasteiger partial charge in [-0.05, 0) is 25.5 Å². The van der Waals surface area contributed by atoms with Crippen LogP contribution in [0.15, 0.2) is 24.3 Å². The molecule has 1 aromatic carbocycles. The molecule has 6 heteroatoms. The number of fused-ring (bicyclic) bond motifs is 1. The van der Waals surface area contributed by atoms with E-state index in [0.717, 1.165) is 0 Å². The molecule has 0 radical (unpaired) electrons. The Bertz CT molecular complexity index is 502. The van der Waals surface area contributed by atoms with Crippen molar-refractivity contribution in [3.8, 4) is 11.5 Å². The quantitative estimate of drug-likeness (QED) is 0.810. The van der Waals surface area contributed by atoms with Gasteiger partial charge in [0.05, 0.1) is 6.04 Å². The minimum atomic E-state index is -1.24. The van der Waals surface area contributed by atoms with Gasteiger partial charge in [-0.25, -0.2) is 0 Å². The van der Waals surface area contributed by atoms with Crippen LogP contribution in [0.25, 0.3) is 0 Å². The number of nitrogens with one attached hydrogen (secondary N) is 1. The molecule has 2 atom stereocenters. The molecular formula is C14H16NO5-. The van der Waals surface area contributed by atoms with Crippen LogP contribution >= 0.6 is 0 Å². The largest absolute Gasteiger partial charge is 0.550 e. The summed E-state index contributed by atoms with van der Waals surface area (Å²) in [6, 6.07) is 7.03. The molecule has 108 valence electrons. The Hall–Kier alpha value is -2.24. The van der Waals surface area contributed by atoms with Gasteiger partial charge >= 0.3 is 0 Å². The first kappa shape index (κ1) is 14.2. The third kappa shape index (κ3) is 3.63. The number of rotatable bonds is 5. The third-order valence-electron chi connectivity index (χ3n) is 3.03. The monoisotopic (exact) mass is 278 g/mol. The number of carboxylic acid groups (broad SMARTS) is 1. The molecule has 1 N–H and O–H groups in total. The average molecular weight is 278 g/mol. The van der Waals surface area contributed by atoms with Crippen molar-refractivity contribution in [1.29, 1.82) is 0 Å². The molecule has 1 aromatic rings. The molecule has 0 aromatic heterocycles. The van der Waals surface area contributed by atoms with E-state index in [0.29, 0.717) is 18.1 Å². The van der Waals surface area contributed by atoms with Crippen molar-refractivity contribution in [2.45, 2.75) is 31.9 Å². The smallest absolute Gasteiger partial charge is 0.220 e. The predicted molar refractivity (Wildman–Crippen MR) is 68.2 cm³/mol. The van der Waals surface area contributed by atoms with Gasteiger partial charge in [0.2, 0.25) is 5.91 Å². The maximum atomic E-state index is 11.5. The van der Waals surface area contributed by atoms with Crippen LogP contribution in [0.1, 0.15) is 19.8 Å². The lowest BCUT2D eigenvalue weighted by Crippen LogP contribution is -2.48. The summed E-state index contributed by atoms with van der Waals surface area (Å²) in [5.41, 5.74) is 0. The summed E-state index contributed by atoms with van der Waals surface area (Å²) in [5, 5.41) is 13.0. The summed E-state index contributed by atoms with van der Waals surface area (Å²) >= 11 is 0. The zero-order valence-corrected chi connectivity index (χ0v) is 11.1. The molecule has 0 saturated carbocycles. The number of amides is 1. The topological polar surface area (TPSA) is 87.7 Å². The highest BCUT2D eigenvalue weighted by Crippen LogP contribution is 2.31. The molecular weight excluding hydrogens is 262 g/mol. The second kappa shape index (κ2) is 6.27. The Kier molecular flexibility index (Phi) is 4.45. The van der Waals surface area contributed by atoms with E-state index in [4.69, 9.17) is 9.47 Å². The number of para-hydroxylation sites is 2. The lowest BCUT2D eigenvalue weighted by molar-refractivity contribution is -0.305. The molecule has 0 aliphatic carbocycles. The van der Waals surface area contributed by atoms with Gasteiger partial charge in [-0.15, -0.1) is 0 Å². The van der Waals surface area contributed by atoms with E-state index in [1.807, 2.05) is 18.2 Å². The molecule has 0 fully saturated rings. The molecule has 20 heavy (non-hydrogen) atoms. The molecule has 1 amide bonds. The van der Waals surface area contributed by atoms with Crippen LogP contribution in [-0.4, -0.2) is 30.6 Å². The molecule has 0 saturated heterocycles. The van der Waals surface area contributed by atoms with Gasteiger partial charge < -0.3 is 24.7 Å². The van der Waals surface area contributed by atoms with Crippen molar-refractivity contribution >= 4 is 11.9 Å². The van der Waals surface area contributed by atoms with Gasteiger partial charge in [-0.2, -0.15) is 0 Å². The summed E-state index contributed by atoms with van der Waals surface area (Å²) in [4.78, 5) is 21.8. The Labute approximate surface area is 116 Å². The summed E-state index contributed by atoms with van der Waals surface area (Å²) in [6.07, 6.45) is -0.697. The van der Waals surface area contributed by atoms with Crippen molar-refractivity contribution in [3.05, 3.63) is 24.3 Å². The van der Waals surface area contributed by atoms with Crippen LogP contribution < -0.4 is 19.9 Å². The van der Waals surface area contributed by atoms with E-state index >= 15 is 0 Å². The number of hydrogen-bond acceptors (Lipinski definition) is 5. The molecule has 2 rings (SSSR count). The highest BCUT2D eigenvalue weighted by Gasteiger charge is 2.26. The van der Waals surface area contributed by atoms with Gasteiger partial charge in [0.15, 0.2) is 17.6 Å². The zero-order chi connectivity index (χ0) is 14.5. The Morgan fingerprint density at radius 3 is 2.75 bits per heavy atom. The molecule has 1 aliphatic rings. The Morgan fingerprint density at radius 2 is 2.05 bits per heavy atom. The van der Waals surface area contributed by atoms with Crippen LogP contribution in [0.3, 0.4) is 0 Å². The van der Waals surface area contributed by atoms with E-state index in [2.05, 4.69) is 5.32 Å². The van der Waals surface area contributed by atoms with Gasteiger partial charge in [-0.1, -0.05) is 12.1 Å². The number of benzene rings is 1. The molecule has 1 heterocycles. The second-order valence-electron chi connectivity index (χ2n) is 4.64. The summed E-state index contributed by atoms with van der Waals surface area (Å²) in [7, 11) is 0. The van der Waals surface area contributed by atoms with Crippen LogP contribution in [0.4, 0.5) is 0 Å². The Morgan fingerprint density at radius 1 is 1.35 bits per heavy atom. The first-order valence-electron chi connectivity index (χ1n) is 6.44. The van der Waals surface area contributed by atoms with Gasteiger partial charge in [0.25, 0.3) is 0 Å². The van der Waals surface area contributed by atoms with E-state index in [-0.39, 0.29) is 30.9 Å². The van der Waals surface area contributed by atoms with Crippen LogP contribution in [0.5, 0.6) is 11.5 Å². The lowest BCUT2D eigenvalue weighted by Gasteiger charge is -2.30. The van der Waals surface area contributed by atoms with Gasteiger partial charge in [-0.3, -0.25) is 4.79 Å². The molecule has 0 bridgehead atoms. The maximum Gasteiger partial charge on any atom is 0.220 e. The van der Waals surface area contributed by atoms with Crippen molar-refractivity contribution < 1.29 is 24.2 Å². The first-order chi connectivity index (χ1) is 9.56. The minimum Gasteiger partial charge on any atom is -0.550 e. The molecule has 0 spiro atoms. The average Bonchev–Trinajstić information content (AvgIpc) is 2.44. The van der Waals surface area contributed by atoms with Crippen LogP contribution in [0, 0.1) is 0 Å². The van der Waals surface area contributed by atoms with Gasteiger partial charge in [0.1, 0.15) is 6.61 Å². The number of carbonyl (C=O) groups excluding carboxylic acids is 2. The number of hydrogen-bond donors (Lipinski definition) is 1. The predicted octanol–water partition coefficient (Wildman–Crippen LogP) is -0.139. The molecule has 6 nitrogen and oxygen atoms in total. The number of ether oxygens (including phenoxy) is 2. The number of carboxylic acids is 1. The zero-order valence-electron chi connectivity index (χ0n) is 11.1. The van der Waals surface area contributed by atoms with Crippen LogP contribution in [0.2, 0.25) is 0 Å². The van der Waals surface area contributed by atoms with Crippen molar-refractivity contribution in [3.63, 3.8) is 0 Å². The summed E-state index contributed by atoms with van der Waals surface area (Å²) in [5.74, 6) is -0.262. The highest BCUT2D eigenvalue weighted by molar-refractivity contribution is 5.80. The van der Waals surface area contributed by atoms with E-state index in [9.17, 15) is 14.7 Å². The first-order valence-corrected chi connectivity index (χ1v) is 6.44. The van der Waals surface area contributed by atoms with Crippen molar-refractivity contribution in [2.75, 3.05) is 6.61 Å². The highest BCUT2D eigenvalue weighted by atomic mass is 16.6. The fraction of sp³-hybridized carbons (Fsp3) is 0.429. The fourth-order valence-electron chi connectivity index (χ4n) is 1.92. The molecule has 1 aliphatic heterocycles. The lowest BCUT2D eigenvalue weighted by atomic mass is 10.1. The summed E-state index contributed by atoms with van der Waals surface area (Å²) < 4.78 is 11.3. The fourth-order valence-corrected chi connectivity index (χ4v) is 1.92. The maximum absolute atomic E-state index is 11.5. The number of carbonyl (C=O) groups is 2. The minimum absolute atomic E-state index is 0.100. The second-order valence-corrected chi connectivity index (χ2v) is 4.64. The van der Waals surface area contributed by atoms with Crippen molar-refractivity contribution in [2.24, 2.45) is 0 Å². The summed E-state index contributed by atoms with van der Waals surface area (Å²) in [6.45, 7) is 2.12. The van der Waals surface area contributed by atoms with Crippen molar-refractivity contribution in [1.82, 2.24) is 5.32 Å². The van der Waals surface area contributed by atoms with E-state index < -0.39 is 5.97 Å². The number of aliphatic carboxylic acids is 1. The van der Waals surface area contributed by atoms with E-state index in [1.54, 1.807) is 13.0 Å². The van der Waals surface area contributed by atoms with E-state index in [1.165, 1.54) is 0 Å². The van der Waals surface area contributed by atoms with Gasteiger partial charge in [0, 0.05) is 12.4 Å². The SMILES string of the molecule is C[C@H](NC(=O)CCC(=O)[O-])[C@H]1COc2ccccc2O1.